The molecule has 1 aromatic carbocycles. The number of alkyl halides is 3. The van der Waals surface area contributed by atoms with Crippen molar-refractivity contribution in [1.82, 2.24) is 4.98 Å². The maximum absolute atomic E-state index is 13.0. The molecule has 0 bridgehead atoms. The highest BCUT2D eigenvalue weighted by Gasteiger charge is 2.34. The van der Waals surface area contributed by atoms with Crippen LogP contribution in [0.15, 0.2) is 36.5 Å². The van der Waals surface area contributed by atoms with Gasteiger partial charge in [0, 0.05) is 12.7 Å². The number of aromatic nitrogens is 1. The van der Waals surface area contributed by atoms with Crippen LogP contribution >= 0.6 is 0 Å². The summed E-state index contributed by atoms with van der Waals surface area (Å²) >= 11 is 0. The molecule has 3 nitrogen and oxygen atoms in total. The van der Waals surface area contributed by atoms with Crippen LogP contribution < -0.4 is 10.5 Å². The van der Waals surface area contributed by atoms with E-state index in [-0.39, 0.29) is 12.3 Å². The molecule has 1 heterocycles. The zero-order valence-electron chi connectivity index (χ0n) is 10.7. The first kappa shape index (κ1) is 14.3. The first-order valence-corrected chi connectivity index (χ1v) is 5.91. The van der Waals surface area contributed by atoms with Crippen molar-refractivity contribution in [2.75, 3.05) is 0 Å². The van der Waals surface area contributed by atoms with E-state index in [1.54, 1.807) is 25.3 Å². The summed E-state index contributed by atoms with van der Waals surface area (Å²) in [7, 11) is 0. The van der Waals surface area contributed by atoms with Crippen molar-refractivity contribution in [2.24, 2.45) is 5.73 Å². The second-order valence-corrected chi connectivity index (χ2v) is 4.22. The lowest BCUT2D eigenvalue weighted by Gasteiger charge is -2.15. The van der Waals surface area contributed by atoms with E-state index in [0.29, 0.717) is 17.0 Å². The summed E-state index contributed by atoms with van der Waals surface area (Å²) in [6.45, 7) is 1.70. The van der Waals surface area contributed by atoms with Crippen LogP contribution in [0.2, 0.25) is 0 Å². The Labute approximate surface area is 114 Å². The third-order valence-corrected chi connectivity index (χ3v) is 2.76. The van der Waals surface area contributed by atoms with Gasteiger partial charge in [-0.3, -0.25) is 4.98 Å². The van der Waals surface area contributed by atoms with Gasteiger partial charge in [0.15, 0.2) is 0 Å². The van der Waals surface area contributed by atoms with Crippen molar-refractivity contribution in [3.63, 3.8) is 0 Å². The van der Waals surface area contributed by atoms with Crippen LogP contribution in [-0.2, 0) is 12.7 Å². The minimum atomic E-state index is -4.50. The van der Waals surface area contributed by atoms with Crippen molar-refractivity contribution in [3.05, 3.63) is 53.3 Å². The fourth-order valence-electron chi connectivity index (χ4n) is 1.71. The Hall–Kier alpha value is -2.08. The molecule has 1 aromatic heterocycles. The summed E-state index contributed by atoms with van der Waals surface area (Å²) in [4.78, 5) is 3.97. The molecule has 2 N–H and O–H groups in total. The van der Waals surface area contributed by atoms with Gasteiger partial charge in [-0.1, -0.05) is 6.07 Å². The molecule has 0 aliphatic rings. The number of pyridine rings is 1. The maximum Gasteiger partial charge on any atom is 0.419 e. The third-order valence-electron chi connectivity index (χ3n) is 2.76. The van der Waals surface area contributed by atoms with Crippen LogP contribution in [0, 0.1) is 6.92 Å². The van der Waals surface area contributed by atoms with Gasteiger partial charge in [0.1, 0.15) is 11.5 Å². The number of hydrogen-bond acceptors (Lipinski definition) is 3. The molecule has 0 aliphatic heterocycles. The topological polar surface area (TPSA) is 48.1 Å². The predicted octanol–water partition coefficient (Wildman–Crippen LogP) is 3.66. The molecule has 2 aromatic rings. The molecule has 0 saturated heterocycles. The number of rotatable bonds is 3. The minimum absolute atomic E-state index is 0.0370. The van der Waals surface area contributed by atoms with E-state index in [1.807, 2.05) is 0 Å². The molecule has 20 heavy (non-hydrogen) atoms. The first-order chi connectivity index (χ1) is 9.41. The second kappa shape index (κ2) is 5.50. The highest BCUT2D eigenvalue weighted by Crippen LogP contribution is 2.39. The molecule has 6 heteroatoms. The molecule has 2 rings (SSSR count). The first-order valence-electron chi connectivity index (χ1n) is 5.91. The zero-order valence-corrected chi connectivity index (χ0v) is 10.7. The highest BCUT2D eigenvalue weighted by atomic mass is 19.4. The van der Waals surface area contributed by atoms with Gasteiger partial charge >= 0.3 is 6.18 Å². The average Bonchev–Trinajstić information content (AvgIpc) is 2.40. The molecule has 0 aliphatic carbocycles. The number of halogens is 3. The summed E-state index contributed by atoms with van der Waals surface area (Å²) in [6.07, 6.45) is -2.96. The van der Waals surface area contributed by atoms with Crippen LogP contribution in [-0.4, -0.2) is 4.98 Å². The van der Waals surface area contributed by atoms with Gasteiger partial charge in [-0.15, -0.1) is 0 Å². The summed E-state index contributed by atoms with van der Waals surface area (Å²) < 4.78 is 44.4. The van der Waals surface area contributed by atoms with E-state index < -0.39 is 11.7 Å². The van der Waals surface area contributed by atoms with Crippen molar-refractivity contribution in [1.29, 1.82) is 0 Å². The van der Waals surface area contributed by atoms with Crippen molar-refractivity contribution in [2.45, 2.75) is 19.6 Å². The standard InChI is InChI=1S/C14H13F3N2O/c1-9-12(3-2-6-19-9)20-13-5-4-10(8-18)7-11(13)14(15,16)17/h2-7H,8,18H2,1H3. The second-order valence-electron chi connectivity index (χ2n) is 4.22. The van der Waals surface area contributed by atoms with Gasteiger partial charge in [0.2, 0.25) is 0 Å². The molecular formula is C14H13F3N2O. The molecule has 106 valence electrons. The zero-order chi connectivity index (χ0) is 14.8. The molecule has 0 unspecified atom stereocenters. The van der Waals surface area contributed by atoms with Crippen LogP contribution in [0.4, 0.5) is 13.2 Å². The van der Waals surface area contributed by atoms with Gasteiger partial charge in [-0.05, 0) is 36.8 Å². The van der Waals surface area contributed by atoms with E-state index in [4.69, 9.17) is 10.5 Å². The third kappa shape index (κ3) is 3.08. The van der Waals surface area contributed by atoms with E-state index in [2.05, 4.69) is 4.98 Å². The lowest BCUT2D eigenvalue weighted by molar-refractivity contribution is -0.138. The molecule has 0 spiro atoms. The Morgan fingerprint density at radius 3 is 2.55 bits per heavy atom. The Bertz CT molecular complexity index is 612. The Kier molecular flexibility index (Phi) is 3.94. The van der Waals surface area contributed by atoms with E-state index in [0.717, 1.165) is 6.07 Å². The average molecular weight is 282 g/mol. The SMILES string of the molecule is Cc1ncccc1Oc1ccc(CN)cc1C(F)(F)F. The van der Waals surface area contributed by atoms with Crippen LogP contribution in [0.25, 0.3) is 0 Å². The van der Waals surface area contributed by atoms with E-state index in [1.165, 1.54) is 12.1 Å². The Morgan fingerprint density at radius 1 is 1.20 bits per heavy atom. The summed E-state index contributed by atoms with van der Waals surface area (Å²) in [5.74, 6) is 0.0318. The fraction of sp³-hybridized carbons (Fsp3) is 0.214. The maximum atomic E-state index is 13.0. The number of hydrogen-bond donors (Lipinski definition) is 1. The Balaban J connectivity index is 2.44. The minimum Gasteiger partial charge on any atom is -0.455 e. The molecule has 0 fully saturated rings. The predicted molar refractivity (Wildman–Crippen MR) is 68.4 cm³/mol. The molecular weight excluding hydrogens is 269 g/mol. The number of benzene rings is 1. The van der Waals surface area contributed by atoms with Gasteiger partial charge in [-0.25, -0.2) is 0 Å². The monoisotopic (exact) mass is 282 g/mol. The van der Waals surface area contributed by atoms with Gasteiger partial charge in [0.05, 0.1) is 11.3 Å². The number of nitrogens with zero attached hydrogens (tertiary/aromatic N) is 1. The summed E-state index contributed by atoms with van der Waals surface area (Å²) in [5.41, 5.74) is 5.44. The van der Waals surface area contributed by atoms with Crippen LogP contribution in [0.5, 0.6) is 11.5 Å². The highest BCUT2D eigenvalue weighted by molar-refractivity contribution is 5.42. The molecule has 0 saturated carbocycles. The molecule has 0 amide bonds. The lowest BCUT2D eigenvalue weighted by atomic mass is 10.1. The fourth-order valence-corrected chi connectivity index (χ4v) is 1.71. The normalized spacial score (nSPS) is 11.4. The smallest absolute Gasteiger partial charge is 0.419 e. The van der Waals surface area contributed by atoms with Gasteiger partial charge < -0.3 is 10.5 Å². The lowest BCUT2D eigenvalue weighted by Crippen LogP contribution is -2.09. The number of aryl methyl sites for hydroxylation is 1. The van der Waals surface area contributed by atoms with Gasteiger partial charge in [-0.2, -0.15) is 13.2 Å². The number of ether oxygens (including phenoxy) is 1. The number of nitrogens with two attached hydrogens (primary N) is 1. The van der Waals surface area contributed by atoms with Crippen molar-refractivity contribution in [3.8, 4) is 11.5 Å². The van der Waals surface area contributed by atoms with E-state index in [9.17, 15) is 13.2 Å². The summed E-state index contributed by atoms with van der Waals surface area (Å²) in [5, 5.41) is 0. The molecule has 0 radical (unpaired) electrons. The van der Waals surface area contributed by atoms with Crippen LogP contribution in [0.1, 0.15) is 16.8 Å². The van der Waals surface area contributed by atoms with E-state index >= 15 is 0 Å². The van der Waals surface area contributed by atoms with Gasteiger partial charge in [0.25, 0.3) is 0 Å². The molecule has 0 atom stereocenters. The van der Waals surface area contributed by atoms with Crippen molar-refractivity contribution < 1.29 is 17.9 Å². The van der Waals surface area contributed by atoms with Crippen molar-refractivity contribution >= 4 is 0 Å². The largest absolute Gasteiger partial charge is 0.455 e. The quantitative estimate of drug-likeness (QED) is 0.934. The summed E-state index contributed by atoms with van der Waals surface area (Å²) in [6, 6.07) is 6.96. The Morgan fingerprint density at radius 2 is 1.95 bits per heavy atom. The van der Waals surface area contributed by atoms with Crippen LogP contribution in [0.3, 0.4) is 0 Å².